The molecule has 3 aromatic rings. The summed E-state index contributed by atoms with van der Waals surface area (Å²) in [7, 11) is 0. The standard InChI is InChI=1S/C21H25N3O2S2/c1-12(2)10-24-20(26)18-14(4)15(5)28-19(18)23-21(24)27-11-17(25)22-16-8-6-7-13(3)9-16/h6-9,12H,10-11H2,1-5H3,(H,22,25). The SMILES string of the molecule is Cc1cccc(NC(=O)CSc2nc3sc(C)c(C)c3c(=O)n2CC(C)C)c1. The lowest BCUT2D eigenvalue weighted by atomic mass is 10.2. The maximum Gasteiger partial charge on any atom is 0.263 e. The number of fused-ring (bicyclic) bond motifs is 1. The minimum Gasteiger partial charge on any atom is -0.325 e. The van der Waals surface area contributed by atoms with Crippen molar-refractivity contribution in [2.75, 3.05) is 11.1 Å². The lowest BCUT2D eigenvalue weighted by Gasteiger charge is -2.14. The van der Waals surface area contributed by atoms with Crippen LogP contribution in [0.3, 0.4) is 0 Å². The molecule has 0 spiro atoms. The number of nitrogens with zero attached hydrogens (tertiary/aromatic N) is 2. The molecule has 0 aliphatic heterocycles. The van der Waals surface area contributed by atoms with Crippen LogP contribution in [-0.4, -0.2) is 21.2 Å². The largest absolute Gasteiger partial charge is 0.325 e. The zero-order valence-corrected chi connectivity index (χ0v) is 18.5. The van der Waals surface area contributed by atoms with Crippen LogP contribution in [0.15, 0.2) is 34.2 Å². The Kier molecular flexibility index (Phi) is 6.25. The zero-order valence-electron chi connectivity index (χ0n) is 16.8. The Bertz CT molecular complexity index is 1080. The van der Waals surface area contributed by atoms with Crippen LogP contribution in [0.5, 0.6) is 0 Å². The molecule has 0 radical (unpaired) electrons. The molecule has 1 N–H and O–H groups in total. The number of rotatable bonds is 6. The van der Waals surface area contributed by atoms with E-state index in [1.807, 2.05) is 45.0 Å². The van der Waals surface area contributed by atoms with Gasteiger partial charge in [0.15, 0.2) is 5.16 Å². The van der Waals surface area contributed by atoms with E-state index < -0.39 is 0 Å². The van der Waals surface area contributed by atoms with Gasteiger partial charge < -0.3 is 5.32 Å². The van der Waals surface area contributed by atoms with Crippen molar-refractivity contribution >= 4 is 44.9 Å². The van der Waals surface area contributed by atoms with Crippen molar-refractivity contribution in [1.82, 2.24) is 9.55 Å². The van der Waals surface area contributed by atoms with Crippen LogP contribution in [0.25, 0.3) is 10.2 Å². The van der Waals surface area contributed by atoms with E-state index in [2.05, 4.69) is 19.2 Å². The van der Waals surface area contributed by atoms with Crippen LogP contribution in [0.2, 0.25) is 0 Å². The zero-order chi connectivity index (χ0) is 20.4. The Morgan fingerprint density at radius 3 is 2.71 bits per heavy atom. The first-order valence-corrected chi connectivity index (χ1v) is 11.1. The van der Waals surface area contributed by atoms with Gasteiger partial charge in [0.05, 0.1) is 11.1 Å². The first kappa shape index (κ1) is 20.6. The third-order valence-electron chi connectivity index (χ3n) is 4.44. The van der Waals surface area contributed by atoms with E-state index in [1.54, 1.807) is 4.57 Å². The second-order valence-corrected chi connectivity index (χ2v) is 9.52. The average molecular weight is 416 g/mol. The summed E-state index contributed by atoms with van der Waals surface area (Å²) in [5.74, 6) is 0.393. The smallest absolute Gasteiger partial charge is 0.263 e. The van der Waals surface area contributed by atoms with Crippen LogP contribution in [0.4, 0.5) is 5.69 Å². The summed E-state index contributed by atoms with van der Waals surface area (Å²) in [5, 5.41) is 4.21. The first-order chi connectivity index (χ1) is 13.3. The highest BCUT2D eigenvalue weighted by Gasteiger charge is 2.18. The van der Waals surface area contributed by atoms with Crippen molar-refractivity contribution in [3.05, 3.63) is 50.6 Å². The molecule has 0 atom stereocenters. The van der Waals surface area contributed by atoms with Crippen LogP contribution in [0, 0.1) is 26.7 Å². The monoisotopic (exact) mass is 415 g/mol. The number of thioether (sulfide) groups is 1. The van der Waals surface area contributed by atoms with Gasteiger partial charge in [-0.15, -0.1) is 11.3 Å². The average Bonchev–Trinajstić information content (AvgIpc) is 2.90. The molecule has 0 saturated heterocycles. The molecular formula is C21H25N3O2S2. The Morgan fingerprint density at radius 2 is 2.04 bits per heavy atom. The summed E-state index contributed by atoms with van der Waals surface area (Å²) in [4.78, 5) is 32.1. The molecule has 0 saturated carbocycles. The van der Waals surface area contributed by atoms with Crippen molar-refractivity contribution < 1.29 is 4.79 Å². The fourth-order valence-corrected chi connectivity index (χ4v) is 4.87. The summed E-state index contributed by atoms with van der Waals surface area (Å²) in [6.07, 6.45) is 0. The van der Waals surface area contributed by atoms with Crippen molar-refractivity contribution in [3.8, 4) is 0 Å². The summed E-state index contributed by atoms with van der Waals surface area (Å²) in [6, 6.07) is 7.69. The molecule has 1 aromatic carbocycles. The molecule has 0 aliphatic carbocycles. The summed E-state index contributed by atoms with van der Waals surface area (Å²) in [5.41, 5.74) is 2.86. The lowest BCUT2D eigenvalue weighted by Crippen LogP contribution is -2.26. The molecule has 3 rings (SSSR count). The topological polar surface area (TPSA) is 64.0 Å². The number of hydrogen-bond acceptors (Lipinski definition) is 5. The van der Waals surface area contributed by atoms with Gasteiger partial charge in [0.2, 0.25) is 5.91 Å². The van der Waals surface area contributed by atoms with E-state index in [4.69, 9.17) is 4.98 Å². The third-order valence-corrected chi connectivity index (χ3v) is 6.51. The molecule has 2 heterocycles. The van der Waals surface area contributed by atoms with Crippen molar-refractivity contribution in [2.24, 2.45) is 5.92 Å². The number of hydrogen-bond donors (Lipinski definition) is 1. The van der Waals surface area contributed by atoms with E-state index in [-0.39, 0.29) is 17.2 Å². The highest BCUT2D eigenvalue weighted by Crippen LogP contribution is 2.28. The van der Waals surface area contributed by atoms with Gasteiger partial charge in [0, 0.05) is 17.1 Å². The molecule has 0 unspecified atom stereocenters. The molecule has 0 fully saturated rings. The number of carbonyl (C=O) groups excluding carboxylic acids is 1. The Hall–Kier alpha value is -2.12. The van der Waals surface area contributed by atoms with E-state index in [9.17, 15) is 9.59 Å². The van der Waals surface area contributed by atoms with Gasteiger partial charge in [0.1, 0.15) is 4.83 Å². The molecule has 2 aromatic heterocycles. The van der Waals surface area contributed by atoms with Gasteiger partial charge in [-0.2, -0.15) is 0 Å². The van der Waals surface area contributed by atoms with Crippen molar-refractivity contribution in [3.63, 3.8) is 0 Å². The number of anilines is 1. The number of benzene rings is 1. The predicted octanol–water partition coefficient (Wildman–Crippen LogP) is 4.77. The normalized spacial score (nSPS) is 11.4. The molecule has 28 heavy (non-hydrogen) atoms. The van der Waals surface area contributed by atoms with Gasteiger partial charge in [-0.1, -0.05) is 37.7 Å². The Balaban J connectivity index is 1.87. The predicted molar refractivity (Wildman–Crippen MR) is 119 cm³/mol. The molecule has 5 nitrogen and oxygen atoms in total. The van der Waals surface area contributed by atoms with Gasteiger partial charge in [-0.3, -0.25) is 14.2 Å². The summed E-state index contributed by atoms with van der Waals surface area (Å²) < 4.78 is 1.72. The summed E-state index contributed by atoms with van der Waals surface area (Å²) in [6.45, 7) is 10.7. The van der Waals surface area contributed by atoms with Crippen LogP contribution >= 0.6 is 23.1 Å². The minimum absolute atomic E-state index is 0.0119. The number of amides is 1. The number of carbonyl (C=O) groups is 1. The highest BCUT2D eigenvalue weighted by molar-refractivity contribution is 7.99. The lowest BCUT2D eigenvalue weighted by molar-refractivity contribution is -0.113. The molecule has 0 bridgehead atoms. The van der Waals surface area contributed by atoms with E-state index in [0.29, 0.717) is 23.0 Å². The number of aryl methyl sites for hydroxylation is 3. The van der Waals surface area contributed by atoms with Crippen molar-refractivity contribution in [1.29, 1.82) is 0 Å². The Morgan fingerprint density at radius 1 is 1.29 bits per heavy atom. The maximum atomic E-state index is 13.1. The van der Waals surface area contributed by atoms with Crippen molar-refractivity contribution in [2.45, 2.75) is 46.3 Å². The number of thiophene rings is 1. The van der Waals surface area contributed by atoms with E-state index >= 15 is 0 Å². The molecular weight excluding hydrogens is 390 g/mol. The van der Waals surface area contributed by atoms with Crippen LogP contribution in [0.1, 0.15) is 29.9 Å². The molecule has 148 valence electrons. The van der Waals surface area contributed by atoms with E-state index in [0.717, 1.165) is 26.5 Å². The summed E-state index contributed by atoms with van der Waals surface area (Å²) >= 11 is 2.85. The van der Waals surface area contributed by atoms with Gasteiger partial charge >= 0.3 is 0 Å². The van der Waals surface area contributed by atoms with Gasteiger partial charge in [-0.25, -0.2) is 4.98 Å². The van der Waals surface area contributed by atoms with Gasteiger partial charge in [0.25, 0.3) is 5.56 Å². The van der Waals surface area contributed by atoms with Crippen LogP contribution < -0.4 is 10.9 Å². The number of aromatic nitrogens is 2. The second kappa shape index (κ2) is 8.49. The second-order valence-electron chi connectivity index (χ2n) is 7.37. The Labute approximate surface area is 173 Å². The quantitative estimate of drug-likeness (QED) is 0.465. The number of nitrogens with one attached hydrogen (secondary N) is 1. The van der Waals surface area contributed by atoms with E-state index in [1.165, 1.54) is 23.1 Å². The first-order valence-electron chi connectivity index (χ1n) is 9.26. The van der Waals surface area contributed by atoms with Gasteiger partial charge in [-0.05, 0) is 49.9 Å². The molecule has 0 aliphatic rings. The highest BCUT2D eigenvalue weighted by atomic mass is 32.2. The molecule has 1 amide bonds. The fraction of sp³-hybridized carbons (Fsp3) is 0.381. The maximum absolute atomic E-state index is 13.1. The molecule has 7 heteroatoms. The fourth-order valence-electron chi connectivity index (χ4n) is 3.00. The van der Waals surface area contributed by atoms with Crippen LogP contribution in [-0.2, 0) is 11.3 Å². The minimum atomic E-state index is -0.111. The third kappa shape index (κ3) is 4.47.